The molecule has 0 spiro atoms. The van der Waals surface area contributed by atoms with Crippen LogP contribution >= 0.6 is 23.1 Å². The number of nitrogens with zero attached hydrogens (tertiary/aromatic N) is 2. The first-order chi connectivity index (χ1) is 15.1. The Kier molecular flexibility index (Phi) is 6.48. The van der Waals surface area contributed by atoms with Crippen molar-refractivity contribution in [2.75, 3.05) is 11.1 Å². The molecule has 2 aromatic heterocycles. The molecule has 0 bridgehead atoms. The molecule has 2 heterocycles. The van der Waals surface area contributed by atoms with Gasteiger partial charge in [-0.2, -0.15) is 0 Å². The minimum atomic E-state index is -1.08. The molecule has 4 aromatic rings. The van der Waals surface area contributed by atoms with Gasteiger partial charge in [-0.15, -0.1) is 10.2 Å². The zero-order valence-corrected chi connectivity index (χ0v) is 17.9. The first-order valence-electron chi connectivity index (χ1n) is 9.44. The van der Waals surface area contributed by atoms with Crippen LogP contribution in [0.3, 0.4) is 0 Å². The van der Waals surface area contributed by atoms with Gasteiger partial charge in [-0.1, -0.05) is 59.5 Å². The van der Waals surface area contributed by atoms with Crippen molar-refractivity contribution >= 4 is 56.7 Å². The van der Waals surface area contributed by atoms with E-state index in [1.165, 1.54) is 23.1 Å². The van der Waals surface area contributed by atoms with Gasteiger partial charge in [0, 0.05) is 29.2 Å². The summed E-state index contributed by atoms with van der Waals surface area (Å²) in [6, 6.07) is 16.2. The highest BCUT2D eigenvalue weighted by Crippen LogP contribution is 2.27. The fraction of sp³-hybridized carbons (Fsp3) is 0.143. The van der Waals surface area contributed by atoms with E-state index in [4.69, 9.17) is 0 Å². The second-order valence-corrected chi connectivity index (χ2v) is 8.87. The number of aromatic amines is 1. The topological polar surface area (TPSA) is 120 Å². The fourth-order valence-corrected chi connectivity index (χ4v) is 4.63. The van der Waals surface area contributed by atoms with E-state index < -0.39 is 12.0 Å². The number of carbonyl (C=O) groups is 2. The molecular formula is C21H19N5O3S2. The summed E-state index contributed by atoms with van der Waals surface area (Å²) in [4.78, 5) is 27.2. The first-order valence-corrected chi connectivity index (χ1v) is 11.2. The normalized spacial score (nSPS) is 11.9. The highest BCUT2D eigenvalue weighted by atomic mass is 32.2. The summed E-state index contributed by atoms with van der Waals surface area (Å²) in [7, 11) is 0. The third-order valence-corrected chi connectivity index (χ3v) is 6.46. The lowest BCUT2D eigenvalue weighted by Gasteiger charge is -2.13. The lowest BCUT2D eigenvalue weighted by atomic mass is 10.1. The molecular weight excluding hydrogens is 434 g/mol. The molecule has 31 heavy (non-hydrogen) atoms. The van der Waals surface area contributed by atoms with Crippen molar-refractivity contribution in [2.24, 2.45) is 0 Å². The summed E-state index contributed by atoms with van der Waals surface area (Å²) >= 11 is 2.55. The minimum absolute atomic E-state index is 0.0532. The van der Waals surface area contributed by atoms with Gasteiger partial charge in [-0.05, 0) is 23.8 Å². The van der Waals surface area contributed by atoms with E-state index >= 15 is 0 Å². The van der Waals surface area contributed by atoms with Gasteiger partial charge in [0.05, 0.1) is 5.75 Å². The summed E-state index contributed by atoms with van der Waals surface area (Å²) in [5, 5.41) is 25.0. The van der Waals surface area contributed by atoms with Crippen LogP contribution in [0.5, 0.6) is 0 Å². The number of amides is 1. The zero-order chi connectivity index (χ0) is 21.6. The number of hydrogen-bond donors (Lipinski definition) is 4. The molecule has 0 aliphatic carbocycles. The number of carbonyl (C=O) groups excluding carboxylic acids is 1. The second kappa shape index (κ2) is 9.63. The number of para-hydroxylation sites is 2. The summed E-state index contributed by atoms with van der Waals surface area (Å²) in [5.41, 5.74) is 2.67. The lowest BCUT2D eigenvalue weighted by molar-refractivity contribution is -0.141. The number of nitrogens with one attached hydrogen (secondary N) is 3. The molecule has 4 rings (SSSR count). The average molecular weight is 454 g/mol. The summed E-state index contributed by atoms with van der Waals surface area (Å²) in [5.74, 6) is -1.39. The number of H-pyrrole nitrogens is 1. The molecule has 158 valence electrons. The van der Waals surface area contributed by atoms with E-state index in [0.29, 0.717) is 9.47 Å². The van der Waals surface area contributed by atoms with Gasteiger partial charge in [-0.25, -0.2) is 4.79 Å². The van der Waals surface area contributed by atoms with Crippen molar-refractivity contribution in [3.63, 3.8) is 0 Å². The van der Waals surface area contributed by atoms with E-state index in [0.717, 1.165) is 22.2 Å². The smallest absolute Gasteiger partial charge is 0.326 e. The van der Waals surface area contributed by atoms with Gasteiger partial charge in [0.2, 0.25) is 11.0 Å². The van der Waals surface area contributed by atoms with Crippen LogP contribution in [-0.4, -0.2) is 44.0 Å². The molecule has 2 aromatic carbocycles. The Labute approximate surface area is 186 Å². The molecule has 0 saturated carbocycles. The summed E-state index contributed by atoms with van der Waals surface area (Å²) in [6.07, 6.45) is 1.98. The maximum absolute atomic E-state index is 12.4. The van der Waals surface area contributed by atoms with Crippen LogP contribution in [0.15, 0.2) is 65.1 Å². The van der Waals surface area contributed by atoms with E-state index in [-0.39, 0.29) is 18.1 Å². The number of rotatable bonds is 9. The predicted molar refractivity (Wildman–Crippen MR) is 122 cm³/mol. The number of benzene rings is 2. The number of carboxylic acids is 1. The molecule has 1 amide bonds. The summed E-state index contributed by atoms with van der Waals surface area (Å²) < 4.78 is 0.622. The Balaban J connectivity index is 1.32. The maximum atomic E-state index is 12.4. The summed E-state index contributed by atoms with van der Waals surface area (Å²) in [6.45, 7) is 0. The van der Waals surface area contributed by atoms with Crippen LogP contribution < -0.4 is 10.6 Å². The van der Waals surface area contributed by atoms with E-state index in [2.05, 4.69) is 25.8 Å². The number of thioether (sulfide) groups is 1. The SMILES string of the molecule is O=C(CSc1nnc(Nc2ccccc2)s1)N[C@@H](Cc1c[nH]c2ccccc12)C(=O)O. The van der Waals surface area contributed by atoms with Gasteiger partial charge in [0.15, 0.2) is 4.34 Å². The Morgan fingerprint density at radius 3 is 2.68 bits per heavy atom. The standard InChI is InChI=1S/C21H19N5O3S2/c27-18(12-30-21-26-25-20(31-21)23-14-6-2-1-3-7-14)24-17(19(28)29)10-13-11-22-16-9-5-4-8-15(13)16/h1-9,11,17,22H,10,12H2,(H,23,25)(H,24,27)(H,28,29)/t17-/m0/s1. The molecule has 0 aliphatic heterocycles. The monoisotopic (exact) mass is 453 g/mol. The molecule has 0 radical (unpaired) electrons. The number of carboxylic acid groups (broad SMARTS) is 1. The van der Waals surface area contributed by atoms with Crippen LogP contribution in [0, 0.1) is 0 Å². The third kappa shape index (κ3) is 5.41. The van der Waals surface area contributed by atoms with Gasteiger partial charge in [0.25, 0.3) is 0 Å². The Bertz CT molecular complexity index is 1190. The van der Waals surface area contributed by atoms with Crippen LogP contribution in [0.1, 0.15) is 5.56 Å². The van der Waals surface area contributed by atoms with Crippen molar-refractivity contribution < 1.29 is 14.7 Å². The van der Waals surface area contributed by atoms with Crippen LogP contribution in [0.2, 0.25) is 0 Å². The fourth-order valence-electron chi connectivity index (χ4n) is 3.05. The number of hydrogen-bond acceptors (Lipinski definition) is 7. The maximum Gasteiger partial charge on any atom is 0.326 e. The van der Waals surface area contributed by atoms with Crippen LogP contribution in [-0.2, 0) is 16.0 Å². The second-order valence-electron chi connectivity index (χ2n) is 6.67. The molecule has 0 aliphatic rings. The van der Waals surface area contributed by atoms with E-state index in [9.17, 15) is 14.7 Å². The molecule has 10 heteroatoms. The quantitative estimate of drug-likeness (QED) is 0.285. The van der Waals surface area contributed by atoms with Crippen LogP contribution in [0.25, 0.3) is 10.9 Å². The molecule has 0 fully saturated rings. The Morgan fingerprint density at radius 2 is 1.87 bits per heavy atom. The third-order valence-electron chi connectivity index (χ3n) is 4.49. The number of fused-ring (bicyclic) bond motifs is 1. The average Bonchev–Trinajstić information content (AvgIpc) is 3.39. The van der Waals surface area contributed by atoms with Gasteiger partial charge in [-0.3, -0.25) is 4.79 Å². The molecule has 8 nitrogen and oxygen atoms in total. The molecule has 4 N–H and O–H groups in total. The minimum Gasteiger partial charge on any atom is -0.480 e. The Morgan fingerprint density at radius 1 is 1.10 bits per heavy atom. The van der Waals surface area contributed by atoms with E-state index in [1.807, 2.05) is 54.6 Å². The largest absolute Gasteiger partial charge is 0.480 e. The van der Waals surface area contributed by atoms with Crippen molar-refractivity contribution in [3.8, 4) is 0 Å². The number of aliphatic carboxylic acids is 1. The first kappa shape index (κ1) is 20.9. The van der Waals surface area contributed by atoms with Crippen molar-refractivity contribution in [2.45, 2.75) is 16.8 Å². The van der Waals surface area contributed by atoms with Gasteiger partial charge in [0.1, 0.15) is 6.04 Å². The number of anilines is 2. The van der Waals surface area contributed by atoms with Crippen molar-refractivity contribution in [3.05, 3.63) is 66.4 Å². The number of aromatic nitrogens is 3. The molecule has 1 atom stereocenters. The zero-order valence-electron chi connectivity index (χ0n) is 16.2. The predicted octanol–water partition coefficient (Wildman–Crippen LogP) is 3.67. The highest BCUT2D eigenvalue weighted by Gasteiger charge is 2.22. The molecule has 0 unspecified atom stereocenters. The van der Waals surface area contributed by atoms with Crippen molar-refractivity contribution in [1.82, 2.24) is 20.5 Å². The van der Waals surface area contributed by atoms with Gasteiger partial charge < -0.3 is 20.7 Å². The van der Waals surface area contributed by atoms with Crippen molar-refractivity contribution in [1.29, 1.82) is 0 Å². The molecule has 0 saturated heterocycles. The lowest BCUT2D eigenvalue weighted by Crippen LogP contribution is -2.43. The van der Waals surface area contributed by atoms with Crippen LogP contribution in [0.4, 0.5) is 10.8 Å². The van der Waals surface area contributed by atoms with E-state index in [1.54, 1.807) is 6.20 Å². The Hall–Kier alpha value is -3.37. The highest BCUT2D eigenvalue weighted by molar-refractivity contribution is 8.01. The van der Waals surface area contributed by atoms with Gasteiger partial charge >= 0.3 is 5.97 Å².